The number of nitrogens with zero attached hydrogens (tertiary/aromatic N) is 2. The molecule has 1 unspecified atom stereocenters. The Kier molecular flexibility index (Phi) is 5.39. The van der Waals surface area contributed by atoms with E-state index in [1.165, 1.54) is 12.8 Å². The van der Waals surface area contributed by atoms with Gasteiger partial charge in [-0.25, -0.2) is 0 Å². The average molecular weight is 285 g/mol. The maximum Gasteiger partial charge on any atom is 0.133 e. The monoisotopic (exact) mass is 285 g/mol. The Labute approximate surface area is 129 Å². The van der Waals surface area contributed by atoms with Crippen molar-refractivity contribution in [3.63, 3.8) is 0 Å². The Morgan fingerprint density at radius 3 is 2.52 bits per heavy atom. The van der Waals surface area contributed by atoms with Gasteiger partial charge >= 0.3 is 0 Å². The fourth-order valence-electron chi connectivity index (χ4n) is 2.86. The van der Waals surface area contributed by atoms with Crippen molar-refractivity contribution < 1.29 is 0 Å². The second-order valence-electron chi connectivity index (χ2n) is 6.64. The molecule has 0 radical (unpaired) electrons. The lowest BCUT2D eigenvalue weighted by molar-refractivity contribution is 0.264. The first-order valence-electron chi connectivity index (χ1n) is 7.99. The molecule has 1 aromatic rings. The van der Waals surface area contributed by atoms with Gasteiger partial charge in [-0.3, -0.25) is 5.32 Å². The average Bonchev–Trinajstić information content (AvgIpc) is 3.28. The predicted octanol–water partition coefficient (Wildman–Crippen LogP) is 3.14. The molecule has 1 N–H and O–H groups in total. The Morgan fingerprint density at radius 1 is 1.33 bits per heavy atom. The largest absolute Gasteiger partial charge is 0.306 e. The minimum absolute atomic E-state index is 0.276. The third kappa shape index (κ3) is 4.56. The standard InChI is InChI=1S/C18H27N3/c1-15(2)20-18(14-19,17-7-5-4-6-8-17)11-12-21(3)13-16-9-10-16/h4-8,15-16,20H,9-13H2,1-3H3. The van der Waals surface area contributed by atoms with Gasteiger partial charge in [0.05, 0.1) is 6.07 Å². The van der Waals surface area contributed by atoms with Crippen molar-refractivity contribution in [2.24, 2.45) is 5.92 Å². The molecule has 3 nitrogen and oxygen atoms in total. The number of hydrogen-bond acceptors (Lipinski definition) is 3. The molecule has 1 atom stereocenters. The van der Waals surface area contributed by atoms with E-state index in [-0.39, 0.29) is 6.04 Å². The summed E-state index contributed by atoms with van der Waals surface area (Å²) < 4.78 is 0. The van der Waals surface area contributed by atoms with Gasteiger partial charge in [0.1, 0.15) is 5.54 Å². The molecule has 1 aliphatic rings. The summed E-state index contributed by atoms with van der Waals surface area (Å²) in [6.07, 6.45) is 3.56. The quantitative estimate of drug-likeness (QED) is 0.797. The number of hydrogen-bond donors (Lipinski definition) is 1. The molecule has 21 heavy (non-hydrogen) atoms. The van der Waals surface area contributed by atoms with Crippen molar-refractivity contribution in [1.29, 1.82) is 5.26 Å². The predicted molar refractivity (Wildman–Crippen MR) is 86.8 cm³/mol. The van der Waals surface area contributed by atoms with Crippen LogP contribution in [0.25, 0.3) is 0 Å². The van der Waals surface area contributed by atoms with Gasteiger partial charge in [0.15, 0.2) is 0 Å². The fourth-order valence-corrected chi connectivity index (χ4v) is 2.86. The summed E-state index contributed by atoms with van der Waals surface area (Å²) in [7, 11) is 2.17. The van der Waals surface area contributed by atoms with Crippen LogP contribution in [0.4, 0.5) is 0 Å². The van der Waals surface area contributed by atoms with Crippen molar-refractivity contribution in [2.45, 2.75) is 44.7 Å². The van der Waals surface area contributed by atoms with E-state index < -0.39 is 5.54 Å². The van der Waals surface area contributed by atoms with Crippen LogP contribution in [0.15, 0.2) is 30.3 Å². The second kappa shape index (κ2) is 7.06. The third-order valence-corrected chi connectivity index (χ3v) is 4.13. The number of benzene rings is 1. The van der Waals surface area contributed by atoms with Crippen LogP contribution in [0.2, 0.25) is 0 Å². The van der Waals surface area contributed by atoms with Gasteiger partial charge in [-0.15, -0.1) is 0 Å². The molecule has 0 saturated heterocycles. The molecule has 0 bridgehead atoms. The Hall–Kier alpha value is -1.37. The van der Waals surface area contributed by atoms with Crippen molar-refractivity contribution in [1.82, 2.24) is 10.2 Å². The summed E-state index contributed by atoms with van der Waals surface area (Å²) in [5.41, 5.74) is 0.480. The van der Waals surface area contributed by atoms with E-state index in [4.69, 9.17) is 0 Å². The van der Waals surface area contributed by atoms with Crippen LogP contribution in [0.3, 0.4) is 0 Å². The lowest BCUT2D eigenvalue weighted by Gasteiger charge is -2.32. The molecule has 1 fully saturated rings. The highest BCUT2D eigenvalue weighted by molar-refractivity contribution is 5.31. The summed E-state index contributed by atoms with van der Waals surface area (Å²) in [6, 6.07) is 13.0. The van der Waals surface area contributed by atoms with Gasteiger partial charge in [0, 0.05) is 19.1 Å². The van der Waals surface area contributed by atoms with E-state index in [0.29, 0.717) is 0 Å². The van der Waals surface area contributed by atoms with Crippen LogP contribution in [0.1, 0.15) is 38.7 Å². The molecule has 1 aromatic carbocycles. The lowest BCUT2D eigenvalue weighted by atomic mass is 9.87. The lowest BCUT2D eigenvalue weighted by Crippen LogP contribution is -2.47. The molecule has 0 aliphatic heterocycles. The fraction of sp³-hybridized carbons (Fsp3) is 0.611. The Bertz CT molecular complexity index is 473. The zero-order chi connectivity index (χ0) is 15.3. The first-order valence-corrected chi connectivity index (χ1v) is 7.99. The highest BCUT2D eigenvalue weighted by Gasteiger charge is 2.33. The minimum Gasteiger partial charge on any atom is -0.306 e. The maximum atomic E-state index is 9.85. The molecule has 0 aromatic heterocycles. The van der Waals surface area contributed by atoms with E-state index >= 15 is 0 Å². The molecule has 1 aliphatic carbocycles. The Balaban J connectivity index is 2.09. The van der Waals surface area contributed by atoms with Gasteiger partial charge in [0.25, 0.3) is 0 Å². The zero-order valence-corrected chi connectivity index (χ0v) is 13.5. The minimum atomic E-state index is -0.590. The van der Waals surface area contributed by atoms with Gasteiger partial charge < -0.3 is 4.90 Å². The first-order chi connectivity index (χ1) is 10.1. The Morgan fingerprint density at radius 2 is 2.00 bits per heavy atom. The van der Waals surface area contributed by atoms with E-state index in [2.05, 4.69) is 49.3 Å². The second-order valence-corrected chi connectivity index (χ2v) is 6.64. The number of rotatable bonds is 8. The molecule has 1 saturated carbocycles. The summed E-state index contributed by atoms with van der Waals surface area (Å²) in [4.78, 5) is 2.37. The highest BCUT2D eigenvalue weighted by Crippen LogP contribution is 2.30. The molecular formula is C18H27N3. The van der Waals surface area contributed by atoms with Gasteiger partial charge in [0.2, 0.25) is 0 Å². The summed E-state index contributed by atoms with van der Waals surface area (Å²) in [5, 5.41) is 13.4. The summed E-state index contributed by atoms with van der Waals surface area (Å²) in [6.45, 7) is 6.31. The van der Waals surface area contributed by atoms with E-state index in [0.717, 1.165) is 31.0 Å². The SMILES string of the molecule is CC(C)NC(C#N)(CCN(C)CC1CC1)c1ccccc1. The highest BCUT2D eigenvalue weighted by atomic mass is 15.1. The van der Waals surface area contributed by atoms with Crippen molar-refractivity contribution in [3.05, 3.63) is 35.9 Å². The van der Waals surface area contributed by atoms with Crippen molar-refractivity contribution >= 4 is 0 Å². The first kappa shape index (κ1) is 16.0. The van der Waals surface area contributed by atoms with Crippen LogP contribution in [-0.2, 0) is 5.54 Å². The van der Waals surface area contributed by atoms with Crippen LogP contribution in [0, 0.1) is 17.2 Å². The van der Waals surface area contributed by atoms with Gasteiger partial charge in [-0.1, -0.05) is 30.3 Å². The van der Waals surface area contributed by atoms with E-state index in [1.807, 2.05) is 18.2 Å². The van der Waals surface area contributed by atoms with Gasteiger partial charge in [-0.05, 0) is 51.6 Å². The number of nitriles is 1. The normalized spacial score (nSPS) is 17.7. The summed E-state index contributed by atoms with van der Waals surface area (Å²) in [5.74, 6) is 0.890. The molecule has 2 rings (SSSR count). The maximum absolute atomic E-state index is 9.85. The van der Waals surface area contributed by atoms with Crippen LogP contribution >= 0.6 is 0 Å². The summed E-state index contributed by atoms with van der Waals surface area (Å²) >= 11 is 0. The molecular weight excluding hydrogens is 258 g/mol. The topological polar surface area (TPSA) is 39.1 Å². The molecule has 0 amide bonds. The van der Waals surface area contributed by atoms with E-state index in [9.17, 15) is 5.26 Å². The van der Waals surface area contributed by atoms with Crippen LogP contribution in [-0.4, -0.2) is 31.1 Å². The zero-order valence-electron chi connectivity index (χ0n) is 13.5. The van der Waals surface area contributed by atoms with E-state index in [1.54, 1.807) is 0 Å². The van der Waals surface area contributed by atoms with Crippen LogP contribution in [0.5, 0.6) is 0 Å². The smallest absolute Gasteiger partial charge is 0.133 e. The van der Waals surface area contributed by atoms with Crippen LogP contribution < -0.4 is 5.32 Å². The molecule has 114 valence electrons. The molecule has 3 heteroatoms. The number of nitrogens with one attached hydrogen (secondary N) is 1. The van der Waals surface area contributed by atoms with Gasteiger partial charge in [-0.2, -0.15) is 5.26 Å². The third-order valence-electron chi connectivity index (χ3n) is 4.13. The van der Waals surface area contributed by atoms with Crippen molar-refractivity contribution in [2.75, 3.05) is 20.1 Å². The molecule has 0 spiro atoms. The molecule has 0 heterocycles. The van der Waals surface area contributed by atoms with Crippen molar-refractivity contribution in [3.8, 4) is 6.07 Å².